The van der Waals surface area contributed by atoms with Gasteiger partial charge in [-0.15, -0.1) is 0 Å². The van der Waals surface area contributed by atoms with Gasteiger partial charge < -0.3 is 4.90 Å². The molecule has 1 N–H and O–H groups in total. The number of carbonyl (C=O) groups excluding carboxylic acids is 1. The average Bonchev–Trinajstić information content (AvgIpc) is 2.73. The number of hydrogen-bond donors (Lipinski definition) is 1. The van der Waals surface area contributed by atoms with Gasteiger partial charge in [0.2, 0.25) is 10.0 Å². The van der Waals surface area contributed by atoms with Crippen LogP contribution in [0.1, 0.15) is 27.0 Å². The second-order valence-electron chi connectivity index (χ2n) is 6.93. The maximum Gasteiger partial charge on any atom is 0.254 e. The Bertz CT molecular complexity index is 1080. The standard InChI is InChI=1S/C23H24N2O3S/c1-18-13-14-21(29(27,28)24-16-19-9-5-3-6-10-19)15-22(18)23(26)25(2)17-20-11-7-4-8-12-20/h3-15,24H,16-17H2,1-2H3. The Morgan fingerprint density at radius 3 is 2.10 bits per heavy atom. The van der Waals surface area contributed by atoms with Gasteiger partial charge in [-0.25, -0.2) is 13.1 Å². The van der Waals surface area contributed by atoms with Crippen molar-refractivity contribution in [3.05, 3.63) is 101 Å². The maximum atomic E-state index is 12.9. The molecule has 0 aromatic heterocycles. The molecule has 29 heavy (non-hydrogen) atoms. The van der Waals surface area contributed by atoms with Crippen LogP contribution in [0.5, 0.6) is 0 Å². The van der Waals surface area contributed by atoms with Crippen LogP contribution in [-0.4, -0.2) is 26.3 Å². The van der Waals surface area contributed by atoms with Gasteiger partial charge in [-0.2, -0.15) is 0 Å². The average molecular weight is 409 g/mol. The van der Waals surface area contributed by atoms with Crippen molar-refractivity contribution in [1.29, 1.82) is 0 Å². The summed E-state index contributed by atoms with van der Waals surface area (Å²) < 4.78 is 28.0. The minimum Gasteiger partial charge on any atom is -0.337 e. The van der Waals surface area contributed by atoms with Crippen LogP contribution in [0, 0.1) is 6.92 Å². The lowest BCUT2D eigenvalue weighted by Crippen LogP contribution is -2.28. The van der Waals surface area contributed by atoms with Gasteiger partial charge in [-0.1, -0.05) is 66.7 Å². The van der Waals surface area contributed by atoms with Crippen LogP contribution in [0.2, 0.25) is 0 Å². The number of amides is 1. The van der Waals surface area contributed by atoms with Crippen LogP contribution in [0.4, 0.5) is 0 Å². The first-order valence-electron chi connectivity index (χ1n) is 9.30. The number of carbonyl (C=O) groups is 1. The van der Waals surface area contributed by atoms with Crippen LogP contribution >= 0.6 is 0 Å². The van der Waals surface area contributed by atoms with Crippen LogP contribution in [0.3, 0.4) is 0 Å². The van der Waals surface area contributed by atoms with Crippen molar-refractivity contribution in [2.75, 3.05) is 7.05 Å². The van der Waals surface area contributed by atoms with Gasteiger partial charge in [0.1, 0.15) is 0 Å². The molecule has 6 heteroatoms. The highest BCUT2D eigenvalue weighted by atomic mass is 32.2. The van der Waals surface area contributed by atoms with E-state index in [1.165, 1.54) is 12.1 Å². The molecule has 0 saturated carbocycles. The lowest BCUT2D eigenvalue weighted by Gasteiger charge is -2.19. The van der Waals surface area contributed by atoms with E-state index in [0.29, 0.717) is 12.1 Å². The monoisotopic (exact) mass is 408 g/mol. The summed E-state index contributed by atoms with van der Waals surface area (Å²) in [4.78, 5) is 14.6. The SMILES string of the molecule is Cc1ccc(S(=O)(=O)NCc2ccccc2)cc1C(=O)N(C)Cc1ccccc1. The van der Waals surface area contributed by atoms with Crippen molar-refractivity contribution >= 4 is 15.9 Å². The van der Waals surface area contributed by atoms with Crippen molar-refractivity contribution in [2.24, 2.45) is 0 Å². The summed E-state index contributed by atoms with van der Waals surface area (Å²) in [6.07, 6.45) is 0. The third-order valence-corrected chi connectivity index (χ3v) is 6.07. The van der Waals surface area contributed by atoms with Gasteiger partial charge in [-0.05, 0) is 35.7 Å². The number of aryl methyl sites for hydroxylation is 1. The summed E-state index contributed by atoms with van der Waals surface area (Å²) >= 11 is 0. The zero-order chi connectivity index (χ0) is 20.9. The molecule has 0 aliphatic rings. The summed E-state index contributed by atoms with van der Waals surface area (Å²) in [5.41, 5.74) is 2.99. The van der Waals surface area contributed by atoms with Crippen molar-refractivity contribution in [1.82, 2.24) is 9.62 Å². The van der Waals surface area contributed by atoms with Crippen molar-refractivity contribution in [3.8, 4) is 0 Å². The fraction of sp³-hybridized carbons (Fsp3) is 0.174. The van der Waals surface area contributed by atoms with E-state index in [2.05, 4.69) is 4.72 Å². The molecule has 0 unspecified atom stereocenters. The molecule has 3 rings (SSSR count). The van der Waals surface area contributed by atoms with E-state index in [4.69, 9.17) is 0 Å². The van der Waals surface area contributed by atoms with E-state index in [-0.39, 0.29) is 17.3 Å². The van der Waals surface area contributed by atoms with Gasteiger partial charge in [-0.3, -0.25) is 4.79 Å². The quantitative estimate of drug-likeness (QED) is 0.648. The number of nitrogens with zero attached hydrogens (tertiary/aromatic N) is 1. The fourth-order valence-electron chi connectivity index (χ4n) is 2.99. The Hall–Kier alpha value is -2.96. The lowest BCUT2D eigenvalue weighted by atomic mass is 10.1. The highest BCUT2D eigenvalue weighted by Crippen LogP contribution is 2.18. The van der Waals surface area contributed by atoms with Crippen LogP contribution < -0.4 is 4.72 Å². The Labute approximate surface area is 172 Å². The van der Waals surface area contributed by atoms with Crippen molar-refractivity contribution < 1.29 is 13.2 Å². The molecule has 0 aliphatic carbocycles. The smallest absolute Gasteiger partial charge is 0.254 e. The zero-order valence-corrected chi connectivity index (χ0v) is 17.3. The van der Waals surface area contributed by atoms with Crippen LogP contribution in [-0.2, 0) is 23.1 Å². The number of benzene rings is 3. The molecule has 5 nitrogen and oxygen atoms in total. The largest absolute Gasteiger partial charge is 0.337 e. The van der Waals surface area contributed by atoms with Crippen LogP contribution in [0.25, 0.3) is 0 Å². The van der Waals surface area contributed by atoms with Crippen molar-refractivity contribution in [2.45, 2.75) is 24.9 Å². The summed E-state index contributed by atoms with van der Waals surface area (Å²) in [6, 6.07) is 23.6. The molecule has 0 fully saturated rings. The highest BCUT2D eigenvalue weighted by Gasteiger charge is 2.20. The Kier molecular flexibility index (Phi) is 6.46. The molecule has 150 valence electrons. The van der Waals surface area contributed by atoms with Gasteiger partial charge >= 0.3 is 0 Å². The number of nitrogens with one attached hydrogen (secondary N) is 1. The third-order valence-electron chi connectivity index (χ3n) is 4.67. The molecule has 0 heterocycles. The molecular formula is C23H24N2O3S. The molecule has 0 saturated heterocycles. The predicted octanol–water partition coefficient (Wildman–Crippen LogP) is 3.75. The summed E-state index contributed by atoms with van der Waals surface area (Å²) in [6.45, 7) is 2.44. The van der Waals surface area contributed by atoms with Gasteiger partial charge in [0, 0.05) is 25.7 Å². The second-order valence-corrected chi connectivity index (χ2v) is 8.70. The molecule has 0 radical (unpaired) electrons. The summed E-state index contributed by atoms with van der Waals surface area (Å²) in [7, 11) is -2.02. The van der Waals surface area contributed by atoms with E-state index in [1.807, 2.05) is 60.7 Å². The molecule has 3 aromatic carbocycles. The minimum absolute atomic E-state index is 0.0792. The maximum absolute atomic E-state index is 12.9. The van der Waals surface area contributed by atoms with Gasteiger partial charge in [0.25, 0.3) is 5.91 Å². The fourth-order valence-corrected chi connectivity index (χ4v) is 4.03. The van der Waals surface area contributed by atoms with E-state index in [9.17, 15) is 13.2 Å². The molecule has 0 atom stereocenters. The second kappa shape index (κ2) is 9.03. The highest BCUT2D eigenvalue weighted by molar-refractivity contribution is 7.89. The molecule has 1 amide bonds. The first-order valence-corrected chi connectivity index (χ1v) is 10.8. The molecule has 3 aromatic rings. The van der Waals surface area contributed by atoms with E-state index >= 15 is 0 Å². The topological polar surface area (TPSA) is 66.5 Å². The first-order chi connectivity index (χ1) is 13.9. The Balaban J connectivity index is 1.78. The lowest BCUT2D eigenvalue weighted by molar-refractivity contribution is 0.0784. The molecule has 0 bridgehead atoms. The van der Waals surface area contributed by atoms with Crippen molar-refractivity contribution in [3.63, 3.8) is 0 Å². The number of hydrogen-bond acceptors (Lipinski definition) is 3. The zero-order valence-electron chi connectivity index (χ0n) is 16.5. The van der Waals surface area contributed by atoms with E-state index in [0.717, 1.165) is 16.7 Å². The minimum atomic E-state index is -3.74. The van der Waals surface area contributed by atoms with Crippen LogP contribution in [0.15, 0.2) is 83.8 Å². The normalized spacial score (nSPS) is 11.2. The van der Waals surface area contributed by atoms with E-state index < -0.39 is 10.0 Å². The molecular weight excluding hydrogens is 384 g/mol. The van der Waals surface area contributed by atoms with E-state index in [1.54, 1.807) is 24.9 Å². The number of sulfonamides is 1. The third kappa shape index (κ3) is 5.31. The van der Waals surface area contributed by atoms with Gasteiger partial charge in [0.05, 0.1) is 4.90 Å². The first kappa shape index (κ1) is 20.8. The Morgan fingerprint density at radius 2 is 1.48 bits per heavy atom. The Morgan fingerprint density at radius 1 is 0.897 bits per heavy atom. The summed E-state index contributed by atoms with van der Waals surface area (Å²) in [5.74, 6) is -0.216. The number of rotatable bonds is 7. The predicted molar refractivity (Wildman–Crippen MR) is 114 cm³/mol. The summed E-state index contributed by atoms with van der Waals surface area (Å²) in [5, 5.41) is 0. The molecule has 0 spiro atoms. The van der Waals surface area contributed by atoms with Gasteiger partial charge in [0.15, 0.2) is 0 Å². The molecule has 0 aliphatic heterocycles.